The minimum Gasteiger partial charge on any atom is -0.312 e. The Morgan fingerprint density at radius 1 is 1.00 bits per heavy atom. The van der Waals surface area contributed by atoms with E-state index in [9.17, 15) is 0 Å². The van der Waals surface area contributed by atoms with Crippen LogP contribution in [0.3, 0.4) is 0 Å². The minimum atomic E-state index is 0. The van der Waals surface area contributed by atoms with Gasteiger partial charge in [-0.05, 0) is 21.1 Å². The monoisotopic (exact) mass is 115 g/mol. The maximum Gasteiger partial charge on any atom is 3.00 e. The van der Waals surface area contributed by atoms with Crippen molar-refractivity contribution in [3.8, 4) is 0 Å². The Balaban J connectivity index is 0. The zero-order valence-electron chi connectivity index (χ0n) is 3.80. The molecule has 0 aromatic carbocycles. The van der Waals surface area contributed by atoms with Crippen molar-refractivity contribution in [1.82, 2.24) is 4.90 Å². The Hall–Kier alpha value is 0.479. The van der Waals surface area contributed by atoms with Gasteiger partial charge in [0.1, 0.15) is 0 Å². The summed E-state index contributed by atoms with van der Waals surface area (Å²) in [5, 5.41) is 0. The average Bonchev–Trinajstić information content (AvgIpc) is 0.811. The second-order valence-corrected chi connectivity index (χ2v) is 1.34. The predicted octanol–water partition coefficient (Wildman–Crippen LogP) is 0.175. The quantitative estimate of drug-likeness (QED) is 0.407. The SMILES string of the molecule is CN(C)C.[Fe+3]. The molecule has 5 heavy (non-hydrogen) atoms. The van der Waals surface area contributed by atoms with Gasteiger partial charge >= 0.3 is 17.1 Å². The zero-order valence-corrected chi connectivity index (χ0v) is 4.90. The summed E-state index contributed by atoms with van der Waals surface area (Å²) in [5.41, 5.74) is 0. The minimum absolute atomic E-state index is 0. The second-order valence-electron chi connectivity index (χ2n) is 1.34. The molecule has 0 atom stereocenters. The van der Waals surface area contributed by atoms with Crippen LogP contribution >= 0.6 is 0 Å². The average molecular weight is 115 g/mol. The molecule has 0 aromatic heterocycles. The van der Waals surface area contributed by atoms with Crippen LogP contribution < -0.4 is 0 Å². The first-order valence-electron chi connectivity index (χ1n) is 1.34. The first-order chi connectivity index (χ1) is 1.73. The van der Waals surface area contributed by atoms with Gasteiger partial charge in [-0.25, -0.2) is 0 Å². The van der Waals surface area contributed by atoms with E-state index in [2.05, 4.69) is 0 Å². The van der Waals surface area contributed by atoms with Crippen molar-refractivity contribution in [2.24, 2.45) is 0 Å². The third-order valence-electron chi connectivity index (χ3n) is 0. The maximum atomic E-state index is 2.00. The number of nitrogens with zero attached hydrogens (tertiary/aromatic N) is 1. The normalized spacial score (nSPS) is 7.20. The van der Waals surface area contributed by atoms with Gasteiger partial charge in [-0.2, -0.15) is 0 Å². The fourth-order valence-electron chi connectivity index (χ4n) is 0. The molecule has 0 aliphatic carbocycles. The molecule has 1 nitrogen and oxygen atoms in total. The molecule has 0 aromatic rings. The second kappa shape index (κ2) is 4.48. The summed E-state index contributed by atoms with van der Waals surface area (Å²) >= 11 is 0. The molecule has 0 N–H and O–H groups in total. The molecule has 0 amide bonds. The van der Waals surface area contributed by atoms with E-state index in [-0.39, 0.29) is 17.1 Å². The van der Waals surface area contributed by atoms with Crippen molar-refractivity contribution in [2.75, 3.05) is 21.1 Å². The van der Waals surface area contributed by atoms with Crippen LogP contribution in [0.4, 0.5) is 0 Å². The molecule has 0 aliphatic heterocycles. The Morgan fingerprint density at radius 2 is 1.00 bits per heavy atom. The Labute approximate surface area is 43.8 Å². The number of rotatable bonds is 0. The van der Waals surface area contributed by atoms with Gasteiger partial charge in [-0.15, -0.1) is 0 Å². The summed E-state index contributed by atoms with van der Waals surface area (Å²) in [6, 6.07) is 0. The van der Waals surface area contributed by atoms with Crippen LogP contribution in [0, 0.1) is 0 Å². The van der Waals surface area contributed by atoms with Gasteiger partial charge < -0.3 is 4.90 Å². The largest absolute Gasteiger partial charge is 3.00 e. The Bertz CT molecular complexity index is 11.6. The first-order valence-corrected chi connectivity index (χ1v) is 1.34. The van der Waals surface area contributed by atoms with Crippen molar-refractivity contribution < 1.29 is 17.1 Å². The van der Waals surface area contributed by atoms with E-state index in [0.717, 1.165) is 0 Å². The van der Waals surface area contributed by atoms with Gasteiger partial charge in [0.25, 0.3) is 0 Å². The molecule has 31 valence electrons. The van der Waals surface area contributed by atoms with Crippen LogP contribution in [0.2, 0.25) is 0 Å². The summed E-state index contributed by atoms with van der Waals surface area (Å²) in [7, 11) is 6.00. The molecule has 0 rings (SSSR count). The van der Waals surface area contributed by atoms with Crippen molar-refractivity contribution >= 4 is 0 Å². The summed E-state index contributed by atoms with van der Waals surface area (Å²) in [6.45, 7) is 0. The third-order valence-corrected chi connectivity index (χ3v) is 0. The molecule has 0 heterocycles. The van der Waals surface area contributed by atoms with Crippen molar-refractivity contribution in [2.45, 2.75) is 0 Å². The molecule has 1 radical (unpaired) electrons. The molecule has 0 unspecified atom stereocenters. The summed E-state index contributed by atoms with van der Waals surface area (Å²) < 4.78 is 0. The molecule has 0 saturated carbocycles. The smallest absolute Gasteiger partial charge is 0.312 e. The molecule has 2 heteroatoms. The Morgan fingerprint density at radius 3 is 1.00 bits per heavy atom. The van der Waals surface area contributed by atoms with Crippen LogP contribution in [0.15, 0.2) is 0 Å². The Kier molecular flexibility index (Phi) is 8.14. The van der Waals surface area contributed by atoms with Crippen molar-refractivity contribution in [3.63, 3.8) is 0 Å². The van der Waals surface area contributed by atoms with E-state index in [1.807, 2.05) is 26.0 Å². The topological polar surface area (TPSA) is 3.24 Å². The summed E-state index contributed by atoms with van der Waals surface area (Å²) in [6.07, 6.45) is 0. The molecule has 0 fully saturated rings. The van der Waals surface area contributed by atoms with Crippen molar-refractivity contribution in [1.29, 1.82) is 0 Å². The first kappa shape index (κ1) is 9.08. The molecule has 0 saturated heterocycles. The fraction of sp³-hybridized carbons (Fsp3) is 1.00. The predicted molar refractivity (Wildman–Crippen MR) is 19.6 cm³/mol. The third kappa shape index (κ3) is 120. The van der Waals surface area contributed by atoms with E-state index >= 15 is 0 Å². The van der Waals surface area contributed by atoms with Crippen molar-refractivity contribution in [3.05, 3.63) is 0 Å². The van der Waals surface area contributed by atoms with E-state index < -0.39 is 0 Å². The van der Waals surface area contributed by atoms with Gasteiger partial charge in [0.2, 0.25) is 0 Å². The standard InChI is InChI=1S/C3H9N.Fe/c1-4(2)3;/h1-3H3;/q;+3. The fourth-order valence-corrected chi connectivity index (χ4v) is 0. The molecular weight excluding hydrogens is 106 g/mol. The van der Waals surface area contributed by atoms with Gasteiger partial charge in [0, 0.05) is 0 Å². The van der Waals surface area contributed by atoms with Gasteiger partial charge in [0.15, 0.2) is 0 Å². The van der Waals surface area contributed by atoms with E-state index in [1.54, 1.807) is 0 Å². The van der Waals surface area contributed by atoms with E-state index in [1.165, 1.54) is 0 Å². The number of hydrogen-bond acceptors (Lipinski definition) is 1. The molecule has 0 spiro atoms. The van der Waals surface area contributed by atoms with E-state index in [4.69, 9.17) is 0 Å². The van der Waals surface area contributed by atoms with Crippen LogP contribution in [0.5, 0.6) is 0 Å². The zero-order chi connectivity index (χ0) is 3.58. The molecule has 0 bridgehead atoms. The van der Waals surface area contributed by atoms with E-state index in [0.29, 0.717) is 0 Å². The van der Waals surface area contributed by atoms with Gasteiger partial charge in [-0.3, -0.25) is 0 Å². The van der Waals surface area contributed by atoms with Crippen LogP contribution in [-0.2, 0) is 17.1 Å². The maximum absolute atomic E-state index is 2.00. The van der Waals surface area contributed by atoms with Gasteiger partial charge in [0.05, 0.1) is 0 Å². The van der Waals surface area contributed by atoms with Crippen LogP contribution in [-0.4, -0.2) is 26.0 Å². The van der Waals surface area contributed by atoms with Crippen LogP contribution in [0.25, 0.3) is 0 Å². The van der Waals surface area contributed by atoms with Gasteiger partial charge in [-0.1, -0.05) is 0 Å². The van der Waals surface area contributed by atoms with Crippen LogP contribution in [0.1, 0.15) is 0 Å². The molecular formula is C3H9FeN+3. The summed E-state index contributed by atoms with van der Waals surface area (Å²) in [4.78, 5) is 2.00. The molecule has 0 aliphatic rings. The number of hydrogen-bond donors (Lipinski definition) is 0. The summed E-state index contributed by atoms with van der Waals surface area (Å²) in [5.74, 6) is 0.